The fourth-order valence-electron chi connectivity index (χ4n) is 0.808. The van der Waals surface area contributed by atoms with E-state index in [0.29, 0.717) is 0 Å². The number of nitrogens with two attached hydrogens (primary N) is 1. The number of rotatable bonds is 4. The lowest BCUT2D eigenvalue weighted by Gasteiger charge is -2.27. The summed E-state index contributed by atoms with van der Waals surface area (Å²) in [5, 5.41) is 0. The van der Waals surface area contributed by atoms with Crippen molar-refractivity contribution in [3.05, 3.63) is 0 Å². The van der Waals surface area contributed by atoms with Crippen LogP contribution in [-0.4, -0.2) is 46.8 Å². The lowest BCUT2D eigenvalue weighted by atomic mass is 10.8. The molecule has 0 spiro atoms. The number of hydrogen-bond donors (Lipinski definition) is 1. The van der Waals surface area contributed by atoms with Crippen molar-refractivity contribution >= 4 is 19.8 Å². The Morgan fingerprint density at radius 3 is 1.36 bits per heavy atom. The van der Waals surface area contributed by atoms with Gasteiger partial charge in [0.1, 0.15) is 0 Å². The zero-order valence-corrected chi connectivity index (χ0v) is 7.88. The summed E-state index contributed by atoms with van der Waals surface area (Å²) in [7, 11) is 2.12. The van der Waals surface area contributed by atoms with E-state index in [1.54, 1.807) is 21.3 Å². The SMILES string of the molecule is CO[Si](OC)(OC)C(C)N.[SiH4]. The molecule has 0 aliphatic heterocycles. The van der Waals surface area contributed by atoms with E-state index in [-0.39, 0.29) is 16.6 Å². The Hall–Kier alpha value is 0.274. The Morgan fingerprint density at radius 1 is 1.09 bits per heavy atom. The maximum absolute atomic E-state index is 5.59. The molecule has 0 aliphatic rings. The zero-order chi connectivity index (χ0) is 8.20. The Bertz CT molecular complexity index is 89.5. The third-order valence-corrected chi connectivity index (χ3v) is 4.23. The lowest BCUT2D eigenvalue weighted by Crippen LogP contribution is -2.57. The van der Waals surface area contributed by atoms with Crippen molar-refractivity contribution in [2.75, 3.05) is 21.3 Å². The van der Waals surface area contributed by atoms with Gasteiger partial charge in [0.15, 0.2) is 0 Å². The third kappa shape index (κ3) is 3.01. The predicted octanol–water partition coefficient (Wildman–Crippen LogP) is -1.70. The normalized spacial score (nSPS) is 13.9. The first kappa shape index (κ1) is 13.8. The molecule has 0 amide bonds. The quantitative estimate of drug-likeness (QED) is 0.546. The van der Waals surface area contributed by atoms with E-state index >= 15 is 0 Å². The van der Waals surface area contributed by atoms with Crippen LogP contribution in [0.15, 0.2) is 0 Å². The van der Waals surface area contributed by atoms with Gasteiger partial charge >= 0.3 is 8.80 Å². The maximum atomic E-state index is 5.59. The van der Waals surface area contributed by atoms with Crippen LogP contribution in [0.3, 0.4) is 0 Å². The number of hydrogen-bond acceptors (Lipinski definition) is 4. The highest BCUT2D eigenvalue weighted by Gasteiger charge is 2.42. The van der Waals surface area contributed by atoms with Gasteiger partial charge in [-0.1, -0.05) is 0 Å². The lowest BCUT2D eigenvalue weighted by molar-refractivity contribution is 0.115. The predicted molar refractivity (Wildman–Crippen MR) is 51.8 cm³/mol. The smallest absolute Gasteiger partial charge is 0.376 e. The first-order valence-electron chi connectivity index (χ1n) is 3.04. The second kappa shape index (κ2) is 5.87. The van der Waals surface area contributed by atoms with Crippen LogP contribution >= 0.6 is 0 Å². The van der Waals surface area contributed by atoms with E-state index in [1.807, 2.05) is 6.92 Å². The molecule has 1 unspecified atom stereocenters. The summed E-state index contributed by atoms with van der Waals surface area (Å²) in [5.74, 6) is 0. The topological polar surface area (TPSA) is 53.7 Å². The van der Waals surface area contributed by atoms with E-state index in [9.17, 15) is 0 Å². The third-order valence-electron chi connectivity index (χ3n) is 1.41. The first-order valence-corrected chi connectivity index (χ1v) is 4.84. The molecule has 4 nitrogen and oxygen atoms in total. The van der Waals surface area contributed by atoms with Gasteiger partial charge in [0, 0.05) is 21.3 Å². The molecule has 0 heterocycles. The Morgan fingerprint density at radius 2 is 1.36 bits per heavy atom. The monoisotopic (exact) mass is 197 g/mol. The summed E-state index contributed by atoms with van der Waals surface area (Å²) in [6.07, 6.45) is 0. The van der Waals surface area contributed by atoms with Crippen LogP contribution in [0.2, 0.25) is 0 Å². The van der Waals surface area contributed by atoms with Crippen LogP contribution < -0.4 is 5.73 Å². The molecule has 0 aromatic rings. The zero-order valence-electron chi connectivity index (χ0n) is 6.88. The van der Waals surface area contributed by atoms with Gasteiger partial charge in [-0.05, 0) is 17.9 Å². The summed E-state index contributed by atoms with van der Waals surface area (Å²) >= 11 is 0. The van der Waals surface area contributed by atoms with Gasteiger partial charge in [0.25, 0.3) is 0 Å². The van der Waals surface area contributed by atoms with Gasteiger partial charge in [-0.25, -0.2) is 0 Å². The molecule has 2 N–H and O–H groups in total. The van der Waals surface area contributed by atoms with Crippen LogP contribution in [0.4, 0.5) is 0 Å². The molecular weight excluding hydrogens is 178 g/mol. The Kier molecular flexibility index (Phi) is 7.38. The minimum absolute atomic E-state index is 0. The van der Waals surface area contributed by atoms with Gasteiger partial charge in [-0.3, -0.25) is 0 Å². The Balaban J connectivity index is 0. The van der Waals surface area contributed by atoms with Crippen molar-refractivity contribution in [2.24, 2.45) is 5.73 Å². The molecule has 0 saturated heterocycles. The van der Waals surface area contributed by atoms with Crippen molar-refractivity contribution in [3.63, 3.8) is 0 Å². The second-order valence-corrected chi connectivity index (χ2v) is 5.35. The van der Waals surface area contributed by atoms with Crippen LogP contribution in [0.1, 0.15) is 6.92 Å². The summed E-state index contributed by atoms with van der Waals surface area (Å²) in [6.45, 7) is 1.81. The van der Waals surface area contributed by atoms with E-state index < -0.39 is 8.80 Å². The molecule has 1 atom stereocenters. The summed E-state index contributed by atoms with van der Waals surface area (Å²) in [4.78, 5) is 0. The van der Waals surface area contributed by atoms with E-state index in [4.69, 9.17) is 19.0 Å². The van der Waals surface area contributed by atoms with Crippen LogP contribution in [0.5, 0.6) is 0 Å². The highest BCUT2D eigenvalue weighted by Crippen LogP contribution is 2.08. The molecule has 0 aromatic carbocycles. The largest absolute Gasteiger partial charge is 0.517 e. The minimum atomic E-state index is -2.52. The van der Waals surface area contributed by atoms with Gasteiger partial charge in [0.05, 0.1) is 5.67 Å². The van der Waals surface area contributed by atoms with Crippen LogP contribution in [0.25, 0.3) is 0 Å². The summed E-state index contributed by atoms with van der Waals surface area (Å²) < 4.78 is 15.2. The van der Waals surface area contributed by atoms with Crippen LogP contribution in [-0.2, 0) is 13.3 Å². The molecule has 0 radical (unpaired) electrons. The van der Waals surface area contributed by atoms with Crippen LogP contribution in [0, 0.1) is 0 Å². The standard InChI is InChI=1S/C5H15NO3Si.H4Si/c1-5(6)10(7-2,8-3)9-4;/h5H,6H2,1-4H3;1H4. The molecule has 0 aromatic heterocycles. The van der Waals surface area contributed by atoms with Crippen molar-refractivity contribution < 1.29 is 13.3 Å². The van der Waals surface area contributed by atoms with E-state index in [1.165, 1.54) is 0 Å². The summed E-state index contributed by atoms with van der Waals surface area (Å²) in [5.41, 5.74) is 5.40. The molecule has 0 aliphatic carbocycles. The van der Waals surface area contributed by atoms with E-state index in [2.05, 4.69) is 0 Å². The molecular formula is C5H19NO3Si2. The molecule has 0 bridgehead atoms. The minimum Gasteiger partial charge on any atom is -0.376 e. The van der Waals surface area contributed by atoms with E-state index in [0.717, 1.165) is 0 Å². The first-order chi connectivity index (χ1) is 4.63. The van der Waals surface area contributed by atoms with Gasteiger partial charge < -0.3 is 19.0 Å². The second-order valence-electron chi connectivity index (χ2n) is 2.00. The van der Waals surface area contributed by atoms with Gasteiger partial charge in [0.2, 0.25) is 0 Å². The fraction of sp³-hybridized carbons (Fsp3) is 1.00. The Labute approximate surface area is 73.4 Å². The highest BCUT2D eigenvalue weighted by molar-refractivity contribution is 6.62. The molecule has 0 fully saturated rings. The maximum Gasteiger partial charge on any atom is 0.517 e. The molecule has 0 rings (SSSR count). The average Bonchev–Trinajstić information content (AvgIpc) is 1.92. The van der Waals surface area contributed by atoms with Crippen molar-refractivity contribution in [1.82, 2.24) is 0 Å². The average molecular weight is 197 g/mol. The molecule has 0 saturated carbocycles. The molecule has 70 valence electrons. The van der Waals surface area contributed by atoms with Crippen molar-refractivity contribution in [1.29, 1.82) is 0 Å². The highest BCUT2D eigenvalue weighted by atomic mass is 28.4. The molecule has 6 heteroatoms. The fourth-order valence-corrected chi connectivity index (χ4v) is 2.42. The van der Waals surface area contributed by atoms with Gasteiger partial charge in [-0.2, -0.15) is 0 Å². The van der Waals surface area contributed by atoms with Crippen molar-refractivity contribution in [2.45, 2.75) is 12.6 Å². The molecule has 11 heavy (non-hydrogen) atoms. The van der Waals surface area contributed by atoms with Gasteiger partial charge in [-0.15, -0.1) is 0 Å². The van der Waals surface area contributed by atoms with Crippen molar-refractivity contribution in [3.8, 4) is 0 Å². The summed E-state index contributed by atoms with van der Waals surface area (Å²) in [6, 6.07) is 0.